The Bertz CT molecular complexity index is 1430. The number of ketones is 1. The number of fused-ring (bicyclic) bond motifs is 1. The van der Waals surface area contributed by atoms with Crippen molar-refractivity contribution in [2.45, 2.75) is 57.6 Å². The first-order valence-electron chi connectivity index (χ1n) is 12.2. The van der Waals surface area contributed by atoms with E-state index in [0.29, 0.717) is 17.7 Å². The van der Waals surface area contributed by atoms with Gasteiger partial charge < -0.3 is 9.84 Å². The first-order valence-corrected chi connectivity index (χ1v) is 14.5. The monoisotopic (exact) mass is 541 g/mol. The van der Waals surface area contributed by atoms with Crippen LogP contribution in [0.4, 0.5) is 0 Å². The summed E-state index contributed by atoms with van der Waals surface area (Å²) in [6.45, 7) is 7.35. The number of aryl methyl sites for hydroxylation is 1. The van der Waals surface area contributed by atoms with E-state index in [4.69, 9.17) is 4.74 Å². The zero-order valence-electron chi connectivity index (χ0n) is 21.3. The number of Topliss-reactive ketones (excluding diaryl/α,β-unsaturated/α-hetero) is 1. The quantitative estimate of drug-likeness (QED) is 0.379. The number of carboxylic acids is 1. The number of carbonyl (C=O) groups excluding carboxylic acids is 1. The van der Waals surface area contributed by atoms with Gasteiger partial charge in [0.15, 0.2) is 5.78 Å². The summed E-state index contributed by atoms with van der Waals surface area (Å²) in [5.74, 6) is -1.90. The molecular weight excluding hydrogens is 510 g/mol. The topological polar surface area (TPSA) is 101 Å². The average Bonchev–Trinajstić information content (AvgIpc) is 3.31. The number of benzene rings is 2. The lowest BCUT2D eigenvalue weighted by Crippen LogP contribution is -2.36. The SMILES string of the molecule is CC[C@@H]1CN(Cc2cc(C(c3cc(C(C)=O)cs3)C(C)C(=O)O)ccc2C)S(=O)(=O)c2ccccc2O1. The molecule has 2 aromatic carbocycles. The third-order valence-electron chi connectivity index (χ3n) is 6.92. The van der Waals surface area contributed by atoms with Crippen LogP contribution in [0.1, 0.15) is 65.0 Å². The Morgan fingerprint density at radius 3 is 2.57 bits per heavy atom. The maximum absolute atomic E-state index is 13.6. The van der Waals surface area contributed by atoms with Crippen molar-refractivity contribution in [3.05, 3.63) is 81.0 Å². The van der Waals surface area contributed by atoms with Gasteiger partial charge >= 0.3 is 5.97 Å². The number of carbonyl (C=O) groups is 2. The number of aliphatic carboxylic acids is 1. The van der Waals surface area contributed by atoms with Crippen LogP contribution in [0.2, 0.25) is 0 Å². The molecule has 1 N–H and O–H groups in total. The van der Waals surface area contributed by atoms with Gasteiger partial charge in [0.1, 0.15) is 16.7 Å². The maximum atomic E-state index is 13.6. The number of hydrogen-bond acceptors (Lipinski definition) is 6. The molecule has 0 bridgehead atoms. The summed E-state index contributed by atoms with van der Waals surface area (Å²) in [6, 6.07) is 14.1. The minimum absolute atomic E-state index is 0.0758. The fourth-order valence-corrected chi connectivity index (χ4v) is 7.34. The van der Waals surface area contributed by atoms with Crippen molar-refractivity contribution in [1.82, 2.24) is 4.31 Å². The van der Waals surface area contributed by atoms with Crippen LogP contribution >= 0.6 is 11.3 Å². The maximum Gasteiger partial charge on any atom is 0.307 e. The van der Waals surface area contributed by atoms with Crippen LogP contribution in [0, 0.1) is 12.8 Å². The van der Waals surface area contributed by atoms with Crippen molar-refractivity contribution in [2.75, 3.05) is 6.54 Å². The number of thiophene rings is 1. The van der Waals surface area contributed by atoms with E-state index >= 15 is 0 Å². The second-order valence-electron chi connectivity index (χ2n) is 9.48. The molecule has 196 valence electrons. The number of sulfonamides is 1. The van der Waals surface area contributed by atoms with E-state index in [0.717, 1.165) is 21.6 Å². The van der Waals surface area contributed by atoms with Crippen LogP contribution in [-0.4, -0.2) is 42.2 Å². The number of carboxylic acid groups (broad SMARTS) is 1. The molecule has 0 amide bonds. The molecule has 37 heavy (non-hydrogen) atoms. The highest BCUT2D eigenvalue weighted by atomic mass is 32.2. The van der Waals surface area contributed by atoms with Crippen molar-refractivity contribution in [1.29, 1.82) is 0 Å². The minimum atomic E-state index is -3.82. The van der Waals surface area contributed by atoms with Crippen molar-refractivity contribution in [2.24, 2.45) is 5.92 Å². The first-order chi connectivity index (χ1) is 17.5. The van der Waals surface area contributed by atoms with Crippen LogP contribution in [0.3, 0.4) is 0 Å². The van der Waals surface area contributed by atoms with Gasteiger partial charge in [-0.05, 0) is 55.2 Å². The number of nitrogens with zero attached hydrogens (tertiary/aromatic N) is 1. The Hall–Kier alpha value is -3.01. The first kappa shape index (κ1) is 27.0. The lowest BCUT2D eigenvalue weighted by Gasteiger charge is -2.25. The van der Waals surface area contributed by atoms with E-state index in [9.17, 15) is 23.1 Å². The van der Waals surface area contributed by atoms with Crippen LogP contribution in [0.15, 0.2) is 58.8 Å². The molecule has 0 fully saturated rings. The number of para-hydroxylation sites is 1. The Kier molecular flexibility index (Phi) is 7.87. The van der Waals surface area contributed by atoms with Crippen LogP contribution < -0.4 is 4.74 Å². The van der Waals surface area contributed by atoms with Gasteiger partial charge in [0, 0.05) is 28.3 Å². The van der Waals surface area contributed by atoms with Gasteiger partial charge in [-0.3, -0.25) is 9.59 Å². The molecule has 0 saturated heterocycles. The predicted molar refractivity (Wildman–Crippen MR) is 143 cm³/mol. The third kappa shape index (κ3) is 5.49. The summed E-state index contributed by atoms with van der Waals surface area (Å²) in [6.07, 6.45) is 0.354. The molecule has 0 radical (unpaired) electrons. The summed E-state index contributed by atoms with van der Waals surface area (Å²) >= 11 is 1.36. The van der Waals surface area contributed by atoms with Crippen LogP contribution in [0.5, 0.6) is 5.75 Å². The molecule has 2 heterocycles. The molecule has 1 aliphatic rings. The average molecular weight is 542 g/mol. The summed E-state index contributed by atoms with van der Waals surface area (Å²) in [5.41, 5.74) is 3.02. The lowest BCUT2D eigenvalue weighted by molar-refractivity contribution is -0.141. The zero-order valence-corrected chi connectivity index (χ0v) is 22.9. The molecule has 0 saturated carbocycles. The molecular formula is C28H31NO6S2. The molecule has 3 atom stereocenters. The molecule has 1 aromatic heterocycles. The fourth-order valence-electron chi connectivity index (χ4n) is 4.59. The zero-order chi connectivity index (χ0) is 26.9. The normalized spacial score (nSPS) is 18.8. The Balaban J connectivity index is 1.75. The Morgan fingerprint density at radius 1 is 1.19 bits per heavy atom. The summed E-state index contributed by atoms with van der Waals surface area (Å²) in [4.78, 5) is 24.9. The van der Waals surface area contributed by atoms with E-state index in [2.05, 4.69) is 0 Å². The summed E-state index contributed by atoms with van der Waals surface area (Å²) in [7, 11) is -3.82. The van der Waals surface area contributed by atoms with Crippen molar-refractivity contribution in [3.8, 4) is 5.75 Å². The van der Waals surface area contributed by atoms with E-state index in [1.165, 1.54) is 22.6 Å². The largest absolute Gasteiger partial charge is 0.488 e. The highest BCUT2D eigenvalue weighted by molar-refractivity contribution is 7.89. The highest BCUT2D eigenvalue weighted by Crippen LogP contribution is 2.38. The summed E-state index contributed by atoms with van der Waals surface area (Å²) < 4.78 is 34.8. The molecule has 0 aliphatic carbocycles. The van der Waals surface area contributed by atoms with Gasteiger partial charge in [-0.1, -0.05) is 44.2 Å². The number of ether oxygens (including phenoxy) is 1. The molecule has 3 aromatic rings. The van der Waals surface area contributed by atoms with Gasteiger partial charge in [-0.25, -0.2) is 8.42 Å². The molecule has 2 unspecified atom stereocenters. The van der Waals surface area contributed by atoms with Gasteiger partial charge in [-0.15, -0.1) is 11.3 Å². The highest BCUT2D eigenvalue weighted by Gasteiger charge is 2.35. The lowest BCUT2D eigenvalue weighted by atomic mass is 9.84. The number of hydrogen-bond donors (Lipinski definition) is 1. The van der Waals surface area contributed by atoms with E-state index in [1.807, 2.05) is 32.0 Å². The fraction of sp³-hybridized carbons (Fsp3) is 0.357. The Labute approximate surface area is 221 Å². The van der Waals surface area contributed by atoms with E-state index in [1.54, 1.807) is 42.6 Å². The van der Waals surface area contributed by atoms with E-state index in [-0.39, 0.29) is 29.9 Å². The van der Waals surface area contributed by atoms with Crippen LogP contribution in [-0.2, 0) is 21.4 Å². The van der Waals surface area contributed by atoms with Crippen molar-refractivity contribution in [3.63, 3.8) is 0 Å². The molecule has 7 nitrogen and oxygen atoms in total. The molecule has 1 aliphatic heterocycles. The molecule has 4 rings (SSSR count). The standard InChI is InChI=1S/C28H31NO6S2/c1-5-23-15-29(37(33,34)26-9-7-6-8-24(26)35-23)14-21-12-20(11-10-17(21)2)27(18(3)28(31)32)25-13-22(16-36-25)19(4)30/h6-13,16,18,23,27H,5,14-15H2,1-4H3,(H,31,32)/t18?,23-,27?/m1/s1. The van der Waals surface area contributed by atoms with Crippen molar-refractivity contribution < 1.29 is 27.9 Å². The number of rotatable bonds is 8. The van der Waals surface area contributed by atoms with E-state index < -0.39 is 27.8 Å². The predicted octanol–water partition coefficient (Wildman–Crippen LogP) is 5.47. The second kappa shape index (κ2) is 10.8. The Morgan fingerprint density at radius 2 is 1.92 bits per heavy atom. The van der Waals surface area contributed by atoms with Gasteiger partial charge in [0.25, 0.3) is 0 Å². The van der Waals surface area contributed by atoms with Gasteiger partial charge in [-0.2, -0.15) is 4.31 Å². The smallest absolute Gasteiger partial charge is 0.307 e. The molecule has 9 heteroatoms. The van der Waals surface area contributed by atoms with Gasteiger partial charge in [0.05, 0.1) is 12.5 Å². The third-order valence-corrected chi connectivity index (χ3v) is 9.79. The minimum Gasteiger partial charge on any atom is -0.488 e. The molecule has 0 spiro atoms. The van der Waals surface area contributed by atoms with Crippen LogP contribution in [0.25, 0.3) is 0 Å². The van der Waals surface area contributed by atoms with Gasteiger partial charge in [0.2, 0.25) is 10.0 Å². The second-order valence-corrected chi connectivity index (χ2v) is 12.3. The van der Waals surface area contributed by atoms with Crippen molar-refractivity contribution >= 4 is 33.1 Å². The summed E-state index contributed by atoms with van der Waals surface area (Å²) in [5, 5.41) is 11.6.